The van der Waals surface area contributed by atoms with E-state index in [1.807, 2.05) is 40.6 Å². The number of carbonyl (C=O) groups excluding carboxylic acids is 2. The summed E-state index contributed by atoms with van der Waals surface area (Å²) in [6.45, 7) is 1.68. The number of aromatic nitrogens is 3. The van der Waals surface area contributed by atoms with Crippen LogP contribution >= 0.6 is 11.3 Å². The number of hydrogen-bond donors (Lipinski definition) is 3. The van der Waals surface area contributed by atoms with Crippen molar-refractivity contribution in [3.63, 3.8) is 0 Å². The second-order valence-electron chi connectivity index (χ2n) is 9.05. The van der Waals surface area contributed by atoms with Crippen LogP contribution in [0.2, 0.25) is 0 Å². The Morgan fingerprint density at radius 2 is 1.97 bits per heavy atom. The predicted molar refractivity (Wildman–Crippen MR) is 137 cm³/mol. The van der Waals surface area contributed by atoms with Gasteiger partial charge < -0.3 is 19.9 Å². The third kappa shape index (κ3) is 3.59. The van der Waals surface area contributed by atoms with Crippen LogP contribution < -0.4 is 10.2 Å². The summed E-state index contributed by atoms with van der Waals surface area (Å²) in [6, 6.07) is 9.35. The number of fused-ring (bicyclic) bond motifs is 2. The van der Waals surface area contributed by atoms with Gasteiger partial charge in [-0.1, -0.05) is 18.2 Å². The van der Waals surface area contributed by atoms with Gasteiger partial charge in [0, 0.05) is 49.2 Å². The van der Waals surface area contributed by atoms with Crippen LogP contribution in [0.1, 0.15) is 17.7 Å². The van der Waals surface area contributed by atoms with E-state index in [0.717, 1.165) is 16.6 Å². The van der Waals surface area contributed by atoms with Gasteiger partial charge in [0.25, 0.3) is 11.8 Å². The van der Waals surface area contributed by atoms with Crippen LogP contribution in [0.5, 0.6) is 0 Å². The largest absolute Gasteiger partial charge is 0.465 e. The monoisotopic (exact) mass is 502 g/mol. The van der Waals surface area contributed by atoms with Gasteiger partial charge in [0.15, 0.2) is 0 Å². The van der Waals surface area contributed by atoms with Crippen molar-refractivity contribution in [1.82, 2.24) is 25.2 Å². The molecule has 5 heterocycles. The summed E-state index contributed by atoms with van der Waals surface area (Å²) < 4.78 is 0. The normalized spacial score (nSPS) is 18.0. The fraction of sp³-hybridized carbons (Fsp3) is 0.240. The molecule has 3 N–H and O–H groups in total. The zero-order chi connectivity index (χ0) is 25.0. The third-order valence-electron chi connectivity index (χ3n) is 6.76. The van der Waals surface area contributed by atoms with Crippen molar-refractivity contribution >= 4 is 67.5 Å². The maximum Gasteiger partial charge on any atom is 0.407 e. The van der Waals surface area contributed by atoms with Gasteiger partial charge >= 0.3 is 6.09 Å². The molecule has 36 heavy (non-hydrogen) atoms. The first-order chi connectivity index (χ1) is 17.4. The smallest absolute Gasteiger partial charge is 0.407 e. The van der Waals surface area contributed by atoms with Gasteiger partial charge in [-0.3, -0.25) is 14.9 Å². The summed E-state index contributed by atoms with van der Waals surface area (Å²) in [6.07, 6.45) is 1.59. The van der Waals surface area contributed by atoms with E-state index in [0.29, 0.717) is 53.3 Å². The quantitative estimate of drug-likeness (QED) is 0.357. The number of para-hydroxylation sites is 1. The van der Waals surface area contributed by atoms with E-state index >= 15 is 0 Å². The number of carboxylic acid groups (broad SMARTS) is 1. The molecular formula is C25H22N6O4S. The Bertz CT molecular complexity index is 1590. The molecule has 6 rings (SSSR count). The standard InChI is InChI=1S/C25H22N6O4S/c1-30(25(34)35)11-13-6-8-31(12-13)24-27-17-5-3-2-4-15(17)20(28-24)19-18(21(32)29-22(19)33)16-10-26-23-14(16)7-9-36-23/h2-5,7,9-10,13,26H,6,8,11-12H2,1H3,(H,34,35)(H,29,32,33). The topological polar surface area (TPSA) is 132 Å². The maximum atomic E-state index is 13.1. The van der Waals surface area contributed by atoms with Crippen molar-refractivity contribution in [1.29, 1.82) is 0 Å². The van der Waals surface area contributed by atoms with Crippen LogP contribution in [0.3, 0.4) is 0 Å². The first-order valence-electron chi connectivity index (χ1n) is 11.5. The molecule has 182 valence electrons. The number of aromatic amines is 1. The number of thiophene rings is 1. The molecule has 0 saturated carbocycles. The summed E-state index contributed by atoms with van der Waals surface area (Å²) in [5.74, 6) is -0.346. The van der Waals surface area contributed by atoms with Crippen LogP contribution in [0.25, 0.3) is 32.3 Å². The maximum absolute atomic E-state index is 13.1. The minimum Gasteiger partial charge on any atom is -0.465 e. The number of anilines is 1. The molecule has 3 aromatic heterocycles. The van der Waals surface area contributed by atoms with Crippen LogP contribution in [0, 0.1) is 5.92 Å². The lowest BCUT2D eigenvalue weighted by Crippen LogP contribution is -2.32. The molecule has 1 unspecified atom stereocenters. The highest BCUT2D eigenvalue weighted by atomic mass is 32.1. The number of amides is 3. The van der Waals surface area contributed by atoms with Crippen LogP contribution in [-0.4, -0.2) is 69.5 Å². The Kier molecular flexibility index (Phi) is 5.22. The van der Waals surface area contributed by atoms with Gasteiger partial charge in [-0.25, -0.2) is 14.8 Å². The van der Waals surface area contributed by atoms with Crippen molar-refractivity contribution in [3.05, 3.63) is 53.2 Å². The number of nitrogens with one attached hydrogen (secondary N) is 2. The number of hydrogen-bond acceptors (Lipinski definition) is 7. The SMILES string of the molecule is CN(CC1CCN(c2nc(C3=C(c4c[nH]c5sccc45)C(=O)NC3=O)c3ccccc3n2)C1)C(=O)O. The number of imide groups is 1. The summed E-state index contributed by atoms with van der Waals surface area (Å²) in [7, 11) is 1.56. The summed E-state index contributed by atoms with van der Waals surface area (Å²) in [5, 5.41) is 15.2. The van der Waals surface area contributed by atoms with Gasteiger partial charge in [-0.2, -0.15) is 0 Å². The van der Waals surface area contributed by atoms with Crippen molar-refractivity contribution in [3.8, 4) is 0 Å². The Morgan fingerprint density at radius 1 is 1.17 bits per heavy atom. The van der Waals surface area contributed by atoms with Crippen LogP contribution in [0.4, 0.5) is 10.7 Å². The Morgan fingerprint density at radius 3 is 2.81 bits per heavy atom. The Hall–Kier alpha value is -4.25. The third-order valence-corrected chi connectivity index (χ3v) is 7.60. The van der Waals surface area contributed by atoms with Crippen LogP contribution in [0.15, 0.2) is 41.9 Å². The van der Waals surface area contributed by atoms with Crippen molar-refractivity contribution < 1.29 is 19.5 Å². The lowest BCUT2D eigenvalue weighted by Gasteiger charge is -2.20. The van der Waals surface area contributed by atoms with Crippen molar-refractivity contribution in [2.45, 2.75) is 6.42 Å². The van der Waals surface area contributed by atoms with Gasteiger partial charge in [0.2, 0.25) is 5.95 Å². The second-order valence-corrected chi connectivity index (χ2v) is 9.97. The first kappa shape index (κ1) is 22.2. The number of carbonyl (C=O) groups is 3. The van der Waals surface area contributed by atoms with Crippen LogP contribution in [-0.2, 0) is 9.59 Å². The van der Waals surface area contributed by atoms with E-state index in [-0.39, 0.29) is 11.5 Å². The highest BCUT2D eigenvalue weighted by Gasteiger charge is 2.36. The molecule has 0 spiro atoms. The first-order valence-corrected chi connectivity index (χ1v) is 12.4. The minimum atomic E-state index is -0.960. The molecule has 2 aliphatic rings. The van der Waals surface area contributed by atoms with E-state index in [1.165, 1.54) is 16.2 Å². The van der Waals surface area contributed by atoms with Crippen molar-refractivity contribution in [2.75, 3.05) is 31.6 Å². The predicted octanol–water partition coefficient (Wildman–Crippen LogP) is 3.18. The molecule has 0 radical (unpaired) electrons. The highest BCUT2D eigenvalue weighted by Crippen LogP contribution is 2.38. The molecule has 10 nitrogen and oxygen atoms in total. The van der Waals surface area contributed by atoms with E-state index in [9.17, 15) is 19.5 Å². The molecule has 1 aromatic carbocycles. The fourth-order valence-corrected chi connectivity index (χ4v) is 5.79. The lowest BCUT2D eigenvalue weighted by atomic mass is 9.97. The van der Waals surface area contributed by atoms with Crippen molar-refractivity contribution in [2.24, 2.45) is 5.92 Å². The lowest BCUT2D eigenvalue weighted by molar-refractivity contribution is -0.122. The summed E-state index contributed by atoms with van der Waals surface area (Å²) in [5.41, 5.74) is 2.25. The molecule has 1 saturated heterocycles. The summed E-state index contributed by atoms with van der Waals surface area (Å²) >= 11 is 1.53. The van der Waals surface area contributed by atoms with E-state index in [4.69, 9.17) is 9.97 Å². The molecule has 0 bridgehead atoms. The van der Waals surface area contributed by atoms with E-state index in [1.54, 1.807) is 13.2 Å². The average Bonchev–Trinajstić information content (AvgIpc) is 3.63. The second kappa shape index (κ2) is 8.45. The molecule has 4 aromatic rings. The van der Waals surface area contributed by atoms with E-state index < -0.39 is 17.9 Å². The van der Waals surface area contributed by atoms with Gasteiger partial charge in [-0.15, -0.1) is 11.3 Å². The minimum absolute atomic E-state index is 0.141. The molecule has 0 aliphatic carbocycles. The molecule has 2 aliphatic heterocycles. The van der Waals surface area contributed by atoms with Gasteiger partial charge in [0.05, 0.1) is 22.4 Å². The van der Waals surface area contributed by atoms with Gasteiger partial charge in [0.1, 0.15) is 4.83 Å². The van der Waals surface area contributed by atoms with Gasteiger partial charge in [-0.05, 0) is 29.9 Å². The Balaban J connectivity index is 1.47. The Labute approximate surface area is 209 Å². The molecule has 3 amide bonds. The number of nitrogens with zero attached hydrogens (tertiary/aromatic N) is 4. The molecule has 1 fully saturated rings. The molecule has 1 atom stereocenters. The number of H-pyrrole nitrogens is 1. The molecule has 11 heteroatoms. The fourth-order valence-electron chi connectivity index (χ4n) is 5.02. The zero-order valence-electron chi connectivity index (χ0n) is 19.3. The van der Waals surface area contributed by atoms with E-state index in [2.05, 4.69) is 10.3 Å². The number of benzene rings is 1. The molecular weight excluding hydrogens is 480 g/mol. The average molecular weight is 503 g/mol. The summed E-state index contributed by atoms with van der Waals surface area (Å²) in [4.78, 5) is 54.4. The zero-order valence-corrected chi connectivity index (χ0v) is 20.1. The number of rotatable bonds is 5. The highest BCUT2D eigenvalue weighted by molar-refractivity contribution is 7.16.